The summed E-state index contributed by atoms with van der Waals surface area (Å²) >= 11 is 0. The highest BCUT2D eigenvalue weighted by Gasteiger charge is 2.27. The maximum atomic E-state index is 13.0. The Hall–Kier alpha value is -1.91. The molecule has 1 aliphatic carbocycles. The van der Waals surface area contributed by atoms with E-state index in [0.29, 0.717) is 6.42 Å². The number of halogens is 2. The summed E-state index contributed by atoms with van der Waals surface area (Å²) in [6, 6.07) is 14.5. The van der Waals surface area contributed by atoms with E-state index >= 15 is 0 Å². The lowest BCUT2D eigenvalue weighted by Crippen LogP contribution is -2.49. The molecular formula is C22H26ClFN2O. The summed E-state index contributed by atoms with van der Waals surface area (Å²) in [5.41, 5.74) is 3.05. The Morgan fingerprint density at radius 1 is 0.889 bits per heavy atom. The molecule has 1 saturated carbocycles. The molecule has 5 heteroatoms. The van der Waals surface area contributed by atoms with Gasteiger partial charge in [0.15, 0.2) is 0 Å². The van der Waals surface area contributed by atoms with E-state index in [9.17, 15) is 9.18 Å². The first-order valence-electron chi connectivity index (χ1n) is 9.52. The van der Waals surface area contributed by atoms with Gasteiger partial charge in [-0.2, -0.15) is 0 Å². The van der Waals surface area contributed by atoms with Gasteiger partial charge in [-0.3, -0.25) is 9.69 Å². The molecule has 3 nitrogen and oxygen atoms in total. The fourth-order valence-electron chi connectivity index (χ4n) is 3.59. The SMILES string of the molecule is Cl.O=C(Cc1ccc(-c2ccc(F)cc2)cc1)N1CCN(CC2CC2)CC1. The van der Waals surface area contributed by atoms with Crippen LogP contribution in [0.3, 0.4) is 0 Å². The van der Waals surface area contributed by atoms with Gasteiger partial charge < -0.3 is 4.90 Å². The standard InChI is InChI=1S/C22H25FN2O.ClH/c23-21-9-7-20(8-10-21)19-5-3-17(4-6-19)15-22(26)25-13-11-24(12-14-25)16-18-1-2-18;/h3-10,18H,1-2,11-16H2;1H. The molecule has 0 bridgehead atoms. The van der Waals surface area contributed by atoms with E-state index < -0.39 is 0 Å². The number of amides is 1. The molecule has 1 aliphatic heterocycles. The maximum Gasteiger partial charge on any atom is 0.227 e. The molecule has 2 aromatic carbocycles. The van der Waals surface area contributed by atoms with Crippen molar-refractivity contribution >= 4 is 18.3 Å². The van der Waals surface area contributed by atoms with Crippen molar-refractivity contribution in [3.05, 3.63) is 59.9 Å². The highest BCUT2D eigenvalue weighted by Crippen LogP contribution is 2.30. The third kappa shape index (κ3) is 5.30. The molecule has 0 unspecified atom stereocenters. The second-order valence-electron chi connectivity index (χ2n) is 7.51. The number of carbonyl (C=O) groups excluding carboxylic acids is 1. The first-order chi connectivity index (χ1) is 12.7. The summed E-state index contributed by atoms with van der Waals surface area (Å²) in [4.78, 5) is 17.1. The van der Waals surface area contributed by atoms with Crippen LogP contribution < -0.4 is 0 Å². The Morgan fingerprint density at radius 2 is 1.44 bits per heavy atom. The number of hydrogen-bond donors (Lipinski definition) is 0. The zero-order valence-corrected chi connectivity index (χ0v) is 16.3. The first-order valence-corrected chi connectivity index (χ1v) is 9.52. The van der Waals surface area contributed by atoms with E-state index in [1.54, 1.807) is 12.1 Å². The summed E-state index contributed by atoms with van der Waals surface area (Å²) in [7, 11) is 0. The number of piperazine rings is 1. The highest BCUT2D eigenvalue weighted by atomic mass is 35.5. The van der Waals surface area contributed by atoms with Gasteiger partial charge in [-0.1, -0.05) is 36.4 Å². The van der Waals surface area contributed by atoms with Crippen LogP contribution in [0.1, 0.15) is 18.4 Å². The van der Waals surface area contributed by atoms with Gasteiger partial charge in [0, 0.05) is 32.7 Å². The fraction of sp³-hybridized carbons (Fsp3) is 0.409. The summed E-state index contributed by atoms with van der Waals surface area (Å²) < 4.78 is 13.0. The molecule has 144 valence electrons. The zero-order valence-electron chi connectivity index (χ0n) is 15.4. The van der Waals surface area contributed by atoms with E-state index in [4.69, 9.17) is 0 Å². The summed E-state index contributed by atoms with van der Waals surface area (Å²) in [5.74, 6) is 0.899. The molecule has 0 N–H and O–H groups in total. The molecule has 2 aromatic rings. The number of benzene rings is 2. The smallest absolute Gasteiger partial charge is 0.227 e. The van der Waals surface area contributed by atoms with E-state index in [0.717, 1.165) is 48.8 Å². The minimum absolute atomic E-state index is 0. The van der Waals surface area contributed by atoms with Crippen LogP contribution in [-0.2, 0) is 11.2 Å². The van der Waals surface area contributed by atoms with Gasteiger partial charge in [-0.15, -0.1) is 12.4 Å². The first kappa shape index (κ1) is 19.8. The molecule has 0 radical (unpaired) electrons. The zero-order chi connectivity index (χ0) is 17.9. The predicted molar refractivity (Wildman–Crippen MR) is 109 cm³/mol. The van der Waals surface area contributed by atoms with Crippen molar-refractivity contribution < 1.29 is 9.18 Å². The quantitative estimate of drug-likeness (QED) is 0.772. The van der Waals surface area contributed by atoms with Crippen LogP contribution in [0.15, 0.2) is 48.5 Å². The number of nitrogens with zero attached hydrogens (tertiary/aromatic N) is 2. The summed E-state index contributed by atoms with van der Waals surface area (Å²) in [6.07, 6.45) is 3.21. The normalized spacial score (nSPS) is 17.4. The summed E-state index contributed by atoms with van der Waals surface area (Å²) in [5, 5.41) is 0. The van der Waals surface area contributed by atoms with E-state index in [1.807, 2.05) is 29.2 Å². The second-order valence-corrected chi connectivity index (χ2v) is 7.51. The Kier molecular flexibility index (Phi) is 6.51. The predicted octanol–water partition coefficient (Wildman–Crippen LogP) is 4.01. The van der Waals surface area contributed by atoms with Crippen LogP contribution >= 0.6 is 12.4 Å². The van der Waals surface area contributed by atoms with Gasteiger partial charge in [-0.05, 0) is 47.6 Å². The average molecular weight is 389 g/mol. The molecule has 0 atom stereocenters. The van der Waals surface area contributed by atoms with E-state index in [2.05, 4.69) is 4.90 Å². The Bertz CT molecular complexity index is 751. The highest BCUT2D eigenvalue weighted by molar-refractivity contribution is 5.85. The lowest BCUT2D eigenvalue weighted by atomic mass is 10.0. The Labute approximate surface area is 166 Å². The lowest BCUT2D eigenvalue weighted by molar-refractivity contribution is -0.132. The van der Waals surface area contributed by atoms with Crippen molar-refractivity contribution in [1.82, 2.24) is 9.80 Å². The lowest BCUT2D eigenvalue weighted by Gasteiger charge is -2.34. The van der Waals surface area contributed by atoms with Gasteiger partial charge in [0.25, 0.3) is 0 Å². The minimum Gasteiger partial charge on any atom is -0.340 e. The Balaban J connectivity index is 0.00000210. The van der Waals surface area contributed by atoms with Crippen LogP contribution in [0.2, 0.25) is 0 Å². The number of carbonyl (C=O) groups is 1. The Morgan fingerprint density at radius 3 is 2.00 bits per heavy atom. The second kappa shape index (κ2) is 8.85. The number of hydrogen-bond acceptors (Lipinski definition) is 2. The molecule has 4 rings (SSSR count). The average Bonchev–Trinajstić information content (AvgIpc) is 3.48. The van der Waals surface area contributed by atoms with Crippen molar-refractivity contribution in [2.45, 2.75) is 19.3 Å². The molecule has 1 saturated heterocycles. The van der Waals surface area contributed by atoms with Crippen molar-refractivity contribution in [3.8, 4) is 11.1 Å². The molecule has 2 aliphatic rings. The third-order valence-corrected chi connectivity index (χ3v) is 5.43. The van der Waals surface area contributed by atoms with Crippen LogP contribution in [0, 0.1) is 11.7 Å². The van der Waals surface area contributed by atoms with Crippen molar-refractivity contribution in [3.63, 3.8) is 0 Å². The van der Waals surface area contributed by atoms with E-state index in [-0.39, 0.29) is 24.1 Å². The van der Waals surface area contributed by atoms with Gasteiger partial charge >= 0.3 is 0 Å². The van der Waals surface area contributed by atoms with Crippen LogP contribution in [-0.4, -0.2) is 48.4 Å². The van der Waals surface area contributed by atoms with Crippen molar-refractivity contribution in [1.29, 1.82) is 0 Å². The van der Waals surface area contributed by atoms with E-state index in [1.165, 1.54) is 31.5 Å². The molecule has 1 heterocycles. The topological polar surface area (TPSA) is 23.6 Å². The van der Waals surface area contributed by atoms with Gasteiger partial charge in [0.2, 0.25) is 5.91 Å². The van der Waals surface area contributed by atoms with Crippen molar-refractivity contribution in [2.24, 2.45) is 5.92 Å². The largest absolute Gasteiger partial charge is 0.340 e. The maximum absolute atomic E-state index is 13.0. The molecule has 2 fully saturated rings. The fourth-order valence-corrected chi connectivity index (χ4v) is 3.59. The van der Waals surface area contributed by atoms with Gasteiger partial charge in [-0.25, -0.2) is 4.39 Å². The number of rotatable bonds is 5. The third-order valence-electron chi connectivity index (χ3n) is 5.43. The monoisotopic (exact) mass is 388 g/mol. The molecular weight excluding hydrogens is 363 g/mol. The molecule has 27 heavy (non-hydrogen) atoms. The van der Waals surface area contributed by atoms with Crippen LogP contribution in [0.4, 0.5) is 4.39 Å². The van der Waals surface area contributed by atoms with Gasteiger partial charge in [0.05, 0.1) is 6.42 Å². The van der Waals surface area contributed by atoms with Crippen molar-refractivity contribution in [2.75, 3.05) is 32.7 Å². The summed E-state index contributed by atoms with van der Waals surface area (Å²) in [6.45, 7) is 4.92. The van der Waals surface area contributed by atoms with Crippen LogP contribution in [0.5, 0.6) is 0 Å². The molecule has 1 amide bonds. The minimum atomic E-state index is -0.229. The van der Waals surface area contributed by atoms with Crippen LogP contribution in [0.25, 0.3) is 11.1 Å². The van der Waals surface area contributed by atoms with Gasteiger partial charge in [0.1, 0.15) is 5.82 Å². The molecule has 0 aromatic heterocycles. The molecule has 0 spiro atoms.